The number of halogens is 1. The number of carbonyl (C=O) groups is 8. The number of fused-ring (bicyclic) bond motifs is 5. The molecule has 2 atom stereocenters. The van der Waals surface area contributed by atoms with E-state index >= 15 is 4.39 Å². The van der Waals surface area contributed by atoms with Gasteiger partial charge in [-0.3, -0.25) is 43.3 Å². The maximum absolute atomic E-state index is 15.7. The van der Waals surface area contributed by atoms with Crippen LogP contribution in [0.15, 0.2) is 65.5 Å². The molecule has 0 fully saturated rings. The van der Waals surface area contributed by atoms with E-state index in [1.54, 1.807) is 37.3 Å². The summed E-state index contributed by atoms with van der Waals surface area (Å²) in [6.45, 7) is 0.858. The lowest BCUT2D eigenvalue weighted by Crippen LogP contribution is -2.52. The van der Waals surface area contributed by atoms with Crippen molar-refractivity contribution in [2.45, 2.75) is 57.5 Å². The number of rotatable bonds is 25. The van der Waals surface area contributed by atoms with Crippen molar-refractivity contribution in [1.29, 1.82) is 0 Å². The van der Waals surface area contributed by atoms with Gasteiger partial charge >= 0.3 is 5.97 Å². The Kier molecular flexibility index (Phi) is 17.5. The number of imide groups is 1. The van der Waals surface area contributed by atoms with Crippen molar-refractivity contribution in [3.05, 3.63) is 105 Å². The normalized spacial score (nSPS) is 15.8. The molecule has 2 aromatic carbocycles. The second-order valence-electron chi connectivity index (χ2n) is 17.0. The Bertz CT molecular complexity index is 2890. The van der Waals surface area contributed by atoms with Gasteiger partial charge in [0.25, 0.3) is 17.4 Å². The summed E-state index contributed by atoms with van der Waals surface area (Å²) in [6, 6.07) is 11.4. The van der Waals surface area contributed by atoms with Crippen molar-refractivity contribution in [1.82, 2.24) is 35.7 Å². The van der Waals surface area contributed by atoms with E-state index in [1.165, 1.54) is 28.9 Å². The minimum Gasteiger partial charge on any atom is -0.458 e. The number of hydrogen-bond donors (Lipinski definition) is 7. The molecule has 7 rings (SSSR count). The Morgan fingerprint density at radius 3 is 2.19 bits per heavy atom. The van der Waals surface area contributed by atoms with Gasteiger partial charge in [-0.15, -0.1) is 0 Å². The van der Waals surface area contributed by atoms with Gasteiger partial charge in [-0.05, 0) is 29.7 Å². The Morgan fingerprint density at radius 1 is 0.836 bits per heavy atom. The Morgan fingerprint density at radius 2 is 1.49 bits per heavy atom. The van der Waals surface area contributed by atoms with Crippen LogP contribution in [0.5, 0.6) is 0 Å². The third-order valence-electron chi connectivity index (χ3n) is 12.2. The average molecular weight is 1010 g/mol. The zero-order valence-corrected chi connectivity index (χ0v) is 39.7. The van der Waals surface area contributed by atoms with Crippen molar-refractivity contribution < 1.29 is 66.8 Å². The van der Waals surface area contributed by atoms with Crippen molar-refractivity contribution in [3.63, 3.8) is 0 Å². The third kappa shape index (κ3) is 12.6. The number of amides is 7. The number of hydrogen-bond acceptors (Lipinski definition) is 16. The number of carbonyl (C=O) groups excluding carboxylic acids is 8. The lowest BCUT2D eigenvalue weighted by Gasteiger charge is -2.31. The van der Waals surface area contributed by atoms with E-state index in [1.807, 2.05) is 0 Å². The number of esters is 1. The summed E-state index contributed by atoms with van der Waals surface area (Å²) in [7, 11) is 0. The molecule has 5 heterocycles. The van der Waals surface area contributed by atoms with Gasteiger partial charge in [0.05, 0.1) is 101 Å². The number of anilines is 1. The van der Waals surface area contributed by atoms with Crippen LogP contribution in [-0.4, -0.2) is 139 Å². The van der Waals surface area contributed by atoms with Gasteiger partial charge < -0.3 is 60.9 Å². The topological polar surface area (TPSA) is 318 Å². The molecule has 0 aliphatic carbocycles. The zero-order chi connectivity index (χ0) is 52.2. The lowest BCUT2D eigenvalue weighted by atomic mass is 9.86. The van der Waals surface area contributed by atoms with Crippen molar-refractivity contribution in [2.75, 3.05) is 71.1 Å². The van der Waals surface area contributed by atoms with Crippen molar-refractivity contribution in [3.8, 4) is 11.4 Å². The first kappa shape index (κ1) is 53.0. The van der Waals surface area contributed by atoms with E-state index in [-0.39, 0.29) is 119 Å². The van der Waals surface area contributed by atoms with Crippen LogP contribution < -0.4 is 37.9 Å². The summed E-state index contributed by atoms with van der Waals surface area (Å²) in [6.07, 6.45) is 2.29. The number of ether oxygens (including phenoxy) is 4. The fraction of sp³-hybridized carbons (Fsp3) is 0.388. The van der Waals surface area contributed by atoms with Gasteiger partial charge in [-0.25, -0.2) is 14.2 Å². The van der Waals surface area contributed by atoms with E-state index in [4.69, 9.17) is 24.7 Å². The quantitative estimate of drug-likeness (QED) is 0.0211. The fourth-order valence-electron chi connectivity index (χ4n) is 8.32. The molecule has 0 spiro atoms. The molecule has 8 N–H and O–H groups in total. The van der Waals surface area contributed by atoms with Crippen LogP contribution in [0.4, 0.5) is 10.1 Å². The molecule has 3 aliphatic rings. The highest BCUT2D eigenvalue weighted by Gasteiger charge is 2.45. The smallest absolute Gasteiger partial charge is 0.343 e. The van der Waals surface area contributed by atoms with Gasteiger partial charge in [-0.1, -0.05) is 37.3 Å². The van der Waals surface area contributed by atoms with Gasteiger partial charge in [0.15, 0.2) is 5.60 Å². The number of nitrogens with zero attached hydrogens (tertiary/aromatic N) is 3. The fourth-order valence-corrected chi connectivity index (χ4v) is 8.32. The molecule has 0 radical (unpaired) electrons. The highest BCUT2D eigenvalue weighted by Crippen LogP contribution is 2.40. The van der Waals surface area contributed by atoms with Crippen molar-refractivity contribution >= 4 is 63.9 Å². The van der Waals surface area contributed by atoms with E-state index in [9.17, 15) is 48.3 Å². The van der Waals surface area contributed by atoms with Gasteiger partial charge in [0.2, 0.25) is 29.5 Å². The molecule has 1 unspecified atom stereocenters. The van der Waals surface area contributed by atoms with Crippen LogP contribution in [-0.2, 0) is 89.0 Å². The molecule has 3 aliphatic heterocycles. The highest BCUT2D eigenvalue weighted by atomic mass is 19.1. The number of aliphatic hydroxyl groups is 1. The standard InChI is InChI=1S/C49H54FN9O14/c1-2-49(69)33-20-38-45-31(26-59(38)47(67)32(33)27-73-48(49)68)30(22-51)29-19-36(34(50)21-35(29)57-45)55-42(63)25-54-46(66)37(18-28-6-4-3-5-7-28)56-41(62)24-53-40(61)23-52-39(60)10-12-70-14-16-72-17-15-71-13-11-58-43(64)8-9-44(58)65/h3-9,19-21,37,69H,2,10-18,22-27,51H2,1H3,(H,52,60)(H,53,61)(H,54,66)(H,55,63)(H,56,62)/t37?,49-/m0/s1. The van der Waals surface area contributed by atoms with Gasteiger partial charge in [-0.2, -0.15) is 0 Å². The summed E-state index contributed by atoms with van der Waals surface area (Å²) in [5.41, 5.74) is 6.20. The lowest BCUT2D eigenvalue weighted by molar-refractivity contribution is -0.172. The number of cyclic esters (lactones) is 1. The summed E-state index contributed by atoms with van der Waals surface area (Å²) in [5.74, 6) is -6.01. The first-order valence-electron chi connectivity index (χ1n) is 23.3. The summed E-state index contributed by atoms with van der Waals surface area (Å²) >= 11 is 0. The maximum atomic E-state index is 15.7. The van der Waals surface area contributed by atoms with E-state index in [2.05, 4.69) is 31.6 Å². The molecule has 2 aromatic heterocycles. The number of benzene rings is 2. The monoisotopic (exact) mass is 1010 g/mol. The largest absolute Gasteiger partial charge is 0.458 e. The Balaban J connectivity index is 0.856. The molecule has 73 heavy (non-hydrogen) atoms. The summed E-state index contributed by atoms with van der Waals surface area (Å²) < 4.78 is 38.4. The van der Waals surface area contributed by atoms with Crippen LogP contribution in [0.1, 0.15) is 47.6 Å². The predicted octanol–water partition coefficient (Wildman–Crippen LogP) is -0.943. The SMILES string of the molecule is CC[C@@]1(O)C(=O)OCc2c1cc1n(c2=O)Cc2c-1nc1cc(F)c(NC(=O)CNC(=O)C(Cc3ccccc3)NC(=O)CNC(=O)CNC(=O)CCOCCOCCOCCN3C(=O)C=CC3=O)cc1c2CN. The van der Waals surface area contributed by atoms with Crippen molar-refractivity contribution in [2.24, 2.45) is 5.73 Å². The Hall–Kier alpha value is -7.77. The van der Waals surface area contributed by atoms with Crippen LogP contribution in [0.2, 0.25) is 0 Å². The molecule has 24 heteroatoms. The minimum absolute atomic E-state index is 0.000451. The molecule has 7 amide bonds. The first-order valence-corrected chi connectivity index (χ1v) is 23.3. The summed E-state index contributed by atoms with van der Waals surface area (Å²) in [5, 5.41) is 23.9. The second kappa shape index (κ2) is 24.1. The zero-order valence-electron chi connectivity index (χ0n) is 39.7. The first-order chi connectivity index (χ1) is 35.1. The second-order valence-corrected chi connectivity index (χ2v) is 17.0. The molecule has 0 saturated heterocycles. The average Bonchev–Trinajstić information content (AvgIpc) is 3.91. The number of pyridine rings is 2. The molecule has 0 saturated carbocycles. The van der Waals surface area contributed by atoms with Gasteiger partial charge in [0.1, 0.15) is 18.5 Å². The summed E-state index contributed by atoms with van der Waals surface area (Å²) in [4.78, 5) is 119. The van der Waals surface area contributed by atoms with Crippen LogP contribution in [0.25, 0.3) is 22.3 Å². The molecular weight excluding hydrogens is 958 g/mol. The predicted molar refractivity (Wildman–Crippen MR) is 255 cm³/mol. The van der Waals surface area contributed by atoms with E-state index < -0.39 is 78.2 Å². The van der Waals surface area contributed by atoms with Gasteiger partial charge in [0, 0.05) is 54.1 Å². The minimum atomic E-state index is -2.04. The van der Waals surface area contributed by atoms with Crippen LogP contribution >= 0.6 is 0 Å². The number of nitrogens with two attached hydrogens (primary N) is 1. The number of nitrogens with one attached hydrogen (secondary N) is 5. The molecule has 386 valence electrons. The highest BCUT2D eigenvalue weighted by molar-refractivity contribution is 6.12. The maximum Gasteiger partial charge on any atom is 0.343 e. The number of aromatic nitrogens is 2. The van der Waals surface area contributed by atoms with Crippen LogP contribution in [0.3, 0.4) is 0 Å². The van der Waals surface area contributed by atoms with E-state index in [0.717, 1.165) is 11.0 Å². The van der Waals surface area contributed by atoms with E-state index in [0.29, 0.717) is 33.5 Å². The third-order valence-corrected chi connectivity index (χ3v) is 12.2. The Labute approximate surface area is 415 Å². The molecule has 4 aromatic rings. The molecule has 0 bridgehead atoms. The van der Waals surface area contributed by atoms with Crippen LogP contribution in [0, 0.1) is 5.82 Å². The molecule has 23 nitrogen and oxygen atoms in total. The molecular formula is C49H54FN9O14.